The fourth-order valence-electron chi connectivity index (χ4n) is 7.72. The molecule has 11 atom stereocenters. The van der Waals surface area contributed by atoms with Crippen molar-refractivity contribution < 1.29 is 55.9 Å². The highest BCUT2D eigenvalue weighted by Gasteiger charge is 2.74. The number of carbonyl (C=O) groups is 1. The molecule has 23 nitrogen and oxygen atoms in total. The number of rotatable bonds is 8. The van der Waals surface area contributed by atoms with Gasteiger partial charge in [-0.05, 0) is 40.0 Å². The summed E-state index contributed by atoms with van der Waals surface area (Å²) in [4.78, 5) is 48.9. The van der Waals surface area contributed by atoms with E-state index in [9.17, 15) is 23.8 Å². The van der Waals surface area contributed by atoms with Crippen LogP contribution in [-0.4, -0.2) is 114 Å². The third-order valence-corrected chi connectivity index (χ3v) is 15.3. The van der Waals surface area contributed by atoms with Gasteiger partial charge in [0.1, 0.15) is 48.3 Å². The molecule has 2 saturated heterocycles. The first-order valence-corrected chi connectivity index (χ1v) is 22.4. The molecular formula is C31H42N10O13P2S. The third-order valence-electron chi connectivity index (χ3n) is 10.5. The maximum atomic E-state index is 15.0. The van der Waals surface area contributed by atoms with Gasteiger partial charge >= 0.3 is 20.6 Å². The molecule has 0 aromatic carbocycles. The molecule has 8 rings (SSSR count). The minimum absolute atomic E-state index is 0.0114. The van der Waals surface area contributed by atoms with Gasteiger partial charge in [-0.25, -0.2) is 29.1 Å². The molecule has 6 N–H and O–H groups in total. The number of H-pyrrole nitrogens is 1. The van der Waals surface area contributed by atoms with E-state index in [1.807, 2.05) is 0 Å². The van der Waals surface area contributed by atoms with Crippen molar-refractivity contribution in [3.05, 3.63) is 29.3 Å². The Labute approximate surface area is 327 Å². The molecule has 57 heavy (non-hydrogen) atoms. The van der Waals surface area contributed by atoms with Gasteiger partial charge in [0.15, 0.2) is 28.9 Å². The Bertz CT molecular complexity index is 2360. The second-order valence-corrected chi connectivity index (χ2v) is 20.6. The summed E-state index contributed by atoms with van der Waals surface area (Å²) >= 11 is 0.593. The number of anilines is 2. The van der Waals surface area contributed by atoms with Gasteiger partial charge in [-0.15, -0.1) is 0 Å². The number of ether oxygens (including phenoxy) is 3. The van der Waals surface area contributed by atoms with Gasteiger partial charge in [0, 0.05) is 23.9 Å². The molecule has 4 aromatic heterocycles. The Hall–Kier alpha value is -3.54. The van der Waals surface area contributed by atoms with Crippen LogP contribution in [0.4, 0.5) is 11.8 Å². The SMILES string of the molecule is CCO[P@]1(=O)OC[C@@]23C[C@@H]2[C@@H](n2cnc4c(N)ncnc42)[C@H](O)[C@@H]3O[P@@](=O)(SCOC(=O)C(C)(C)C)OC[C@H]2O[C@@H](n3cnc4c(=O)[nH]c(N)nc43)[C@H](O1)[C@@H]2OC. The molecular weight excluding hydrogens is 814 g/mol. The summed E-state index contributed by atoms with van der Waals surface area (Å²) in [5, 5.41) is 12.1. The van der Waals surface area contributed by atoms with E-state index in [1.165, 1.54) is 30.7 Å². The van der Waals surface area contributed by atoms with E-state index in [0.717, 1.165) is 0 Å². The van der Waals surface area contributed by atoms with Crippen LogP contribution < -0.4 is 17.0 Å². The summed E-state index contributed by atoms with van der Waals surface area (Å²) in [6.07, 6.45) is -3.12. The van der Waals surface area contributed by atoms with Crippen molar-refractivity contribution in [1.29, 1.82) is 0 Å². The number of nitrogen functional groups attached to an aromatic ring is 2. The van der Waals surface area contributed by atoms with E-state index < -0.39 is 98.2 Å². The summed E-state index contributed by atoms with van der Waals surface area (Å²) in [6, 6.07) is -0.769. The van der Waals surface area contributed by atoms with Crippen LogP contribution in [0.3, 0.4) is 0 Å². The van der Waals surface area contributed by atoms with E-state index in [-0.39, 0.29) is 36.1 Å². The van der Waals surface area contributed by atoms with E-state index in [0.29, 0.717) is 29.0 Å². The number of aliphatic hydroxyl groups is 1. The number of aromatic amines is 1. The second-order valence-electron chi connectivity index (χ2n) is 15.1. The number of nitrogens with one attached hydrogen (secondary N) is 1. The van der Waals surface area contributed by atoms with Crippen LogP contribution in [-0.2, 0) is 50.8 Å². The molecule has 2 aliphatic heterocycles. The molecule has 4 fully saturated rings. The lowest BCUT2D eigenvalue weighted by molar-refractivity contribution is -0.150. The number of imidazole rings is 2. The first-order chi connectivity index (χ1) is 27.0. The first kappa shape index (κ1) is 40.2. The highest BCUT2D eigenvalue weighted by molar-refractivity contribution is 8.55. The average Bonchev–Trinajstić information content (AvgIpc) is 3.44. The summed E-state index contributed by atoms with van der Waals surface area (Å²) in [7, 11) is -3.21. The van der Waals surface area contributed by atoms with Gasteiger partial charge in [-0.1, -0.05) is 0 Å². The molecule has 2 aliphatic carbocycles. The lowest BCUT2D eigenvalue weighted by Crippen LogP contribution is -2.38. The van der Waals surface area contributed by atoms with Crippen LogP contribution in [0.1, 0.15) is 46.4 Å². The van der Waals surface area contributed by atoms with E-state index in [2.05, 4.69) is 29.9 Å². The van der Waals surface area contributed by atoms with Crippen molar-refractivity contribution in [3.63, 3.8) is 0 Å². The number of nitrogens with two attached hydrogens (primary N) is 2. The summed E-state index contributed by atoms with van der Waals surface area (Å²) in [5.74, 6) is -1.51. The van der Waals surface area contributed by atoms with E-state index >= 15 is 0 Å². The second kappa shape index (κ2) is 14.6. The van der Waals surface area contributed by atoms with Crippen LogP contribution >= 0.6 is 26.0 Å². The lowest BCUT2D eigenvalue weighted by atomic mass is 9.98. The molecule has 4 aliphatic rings. The molecule has 26 heteroatoms. The van der Waals surface area contributed by atoms with Crippen molar-refractivity contribution >= 4 is 66.1 Å². The van der Waals surface area contributed by atoms with E-state index in [4.69, 9.17) is 48.3 Å². The Morgan fingerprint density at radius 1 is 1.11 bits per heavy atom. The molecule has 4 aromatic rings. The number of esters is 1. The largest absolute Gasteiger partial charge is 0.475 e. The number of methoxy groups -OCH3 is 1. The number of hydrogen-bond acceptors (Lipinski definition) is 21. The highest BCUT2D eigenvalue weighted by Crippen LogP contribution is 2.74. The molecule has 1 spiro atoms. The number of aromatic nitrogens is 8. The van der Waals surface area contributed by atoms with E-state index in [1.54, 1.807) is 32.3 Å². The van der Waals surface area contributed by atoms with Crippen molar-refractivity contribution in [2.75, 3.05) is 44.3 Å². The maximum absolute atomic E-state index is 15.0. The number of nitrogens with zero attached hydrogens (tertiary/aromatic N) is 7. The molecule has 0 unspecified atom stereocenters. The molecule has 310 valence electrons. The maximum Gasteiger partial charge on any atom is 0.475 e. The smallest absolute Gasteiger partial charge is 0.454 e. The Morgan fingerprint density at radius 3 is 2.60 bits per heavy atom. The quantitative estimate of drug-likeness (QED) is 0.112. The molecule has 2 saturated carbocycles. The molecule has 0 amide bonds. The summed E-state index contributed by atoms with van der Waals surface area (Å²) < 4.78 is 80.9. The van der Waals surface area contributed by atoms with Gasteiger partial charge in [0.2, 0.25) is 5.95 Å². The fraction of sp³-hybridized carbons (Fsp3) is 0.645. The molecule has 2 bridgehead atoms. The van der Waals surface area contributed by atoms with Crippen molar-refractivity contribution in [3.8, 4) is 0 Å². The highest BCUT2D eigenvalue weighted by atomic mass is 32.7. The van der Waals surface area contributed by atoms with Crippen LogP contribution in [0, 0.1) is 16.7 Å². The number of phosphoric ester groups is 1. The van der Waals surface area contributed by atoms with Crippen LogP contribution in [0.2, 0.25) is 0 Å². The van der Waals surface area contributed by atoms with Crippen molar-refractivity contribution in [2.45, 2.75) is 76.9 Å². The summed E-state index contributed by atoms with van der Waals surface area (Å²) in [5.41, 5.74) is 9.90. The number of aliphatic hydroxyl groups excluding tert-OH is 1. The van der Waals surface area contributed by atoms with Gasteiger partial charge in [-0.3, -0.25) is 41.8 Å². The minimum Gasteiger partial charge on any atom is -0.454 e. The monoisotopic (exact) mass is 856 g/mol. The zero-order valence-corrected chi connectivity index (χ0v) is 33.9. The Kier molecular flexibility index (Phi) is 10.3. The van der Waals surface area contributed by atoms with Crippen molar-refractivity contribution in [1.82, 2.24) is 39.0 Å². The topological polar surface area (TPSA) is 304 Å². The fourth-order valence-corrected chi connectivity index (χ4v) is 12.0. The molecule has 0 radical (unpaired) electrons. The third kappa shape index (κ3) is 7.07. The zero-order chi connectivity index (χ0) is 40.7. The summed E-state index contributed by atoms with van der Waals surface area (Å²) in [6.45, 7) is 1.20. The van der Waals surface area contributed by atoms with Gasteiger partial charge in [0.05, 0.1) is 43.9 Å². The first-order valence-electron chi connectivity index (χ1n) is 17.9. The lowest BCUT2D eigenvalue weighted by Gasteiger charge is -2.32. The average molecular weight is 857 g/mol. The van der Waals surface area contributed by atoms with Crippen LogP contribution in [0.15, 0.2) is 23.8 Å². The zero-order valence-electron chi connectivity index (χ0n) is 31.3. The Balaban J connectivity index is 1.19. The van der Waals surface area contributed by atoms with Gasteiger partial charge in [-0.2, -0.15) is 4.98 Å². The number of fused-ring (bicyclic) bond motifs is 4. The van der Waals surface area contributed by atoms with Gasteiger partial charge < -0.3 is 35.4 Å². The number of carbonyl (C=O) groups excluding carboxylic acids is 1. The van der Waals surface area contributed by atoms with Crippen molar-refractivity contribution in [2.24, 2.45) is 16.7 Å². The Morgan fingerprint density at radius 2 is 1.86 bits per heavy atom. The van der Waals surface area contributed by atoms with Gasteiger partial charge in [0.25, 0.3) is 5.56 Å². The molecule has 6 heterocycles. The standard InChI is InChI=1S/C31H42N10O13P2S/c1-6-49-55(45)51-9-31-7-14(31)18(40-11-36-16-23(32)34-10-35-24(16)40)19(42)22(31)54-56(46,57-13-48-28(44)30(2,3)4)50-8-15-20(47-5)21(53-55)27(52-15)41-12-37-17-25(41)38-29(33)39-26(17)43/h10-12,14-15,18-22,27,42H,6-9,13H2,1-5H3,(H2,32,34,35)(H3,33,38,39,43)/t14-,15-,18-,19+,20-,21-,22+,27-,31+,55-,56+/m1/s1. The predicted molar refractivity (Wildman–Crippen MR) is 199 cm³/mol. The minimum atomic E-state index is -4.55. The normalized spacial score (nSPS) is 35.6. The number of hydrogen-bond donors (Lipinski definition) is 4. The van der Waals surface area contributed by atoms with Crippen LogP contribution in [0.5, 0.6) is 0 Å². The van der Waals surface area contributed by atoms with Crippen LogP contribution in [0.25, 0.3) is 22.3 Å². The number of phosphoric acid groups is 1. The predicted octanol–water partition coefficient (Wildman–Crippen LogP) is 2.31.